The summed E-state index contributed by atoms with van der Waals surface area (Å²) < 4.78 is 0. The molecule has 0 radical (unpaired) electrons. The number of carbonyl (C=O) groups is 1. The molecule has 0 bridgehead atoms. The average molecular weight is 325 g/mol. The van der Waals surface area contributed by atoms with Gasteiger partial charge in [-0.25, -0.2) is 4.98 Å². The van der Waals surface area contributed by atoms with Crippen LogP contribution in [0.1, 0.15) is 21.5 Å². The number of nitrogens with one attached hydrogen (secondary N) is 1. The molecular formula is C12H15N5O2S2. The quantitative estimate of drug-likeness (QED) is 0.373. The van der Waals surface area contributed by atoms with Crippen LogP contribution in [0.3, 0.4) is 0 Å². The van der Waals surface area contributed by atoms with Crippen LogP contribution in [0.25, 0.3) is 0 Å². The van der Waals surface area contributed by atoms with Crippen LogP contribution in [0, 0.1) is 0 Å². The highest BCUT2D eigenvalue weighted by Crippen LogP contribution is 2.34. The minimum Gasteiger partial charge on any atom is -0.483 e. The van der Waals surface area contributed by atoms with Crippen molar-refractivity contribution in [2.45, 2.75) is 19.0 Å². The summed E-state index contributed by atoms with van der Waals surface area (Å²) in [7, 11) is 0. The molecule has 0 aromatic carbocycles. The smallest absolute Gasteiger partial charge is 0.290 e. The first-order valence-corrected chi connectivity index (χ1v) is 7.76. The number of thiophene rings is 1. The van der Waals surface area contributed by atoms with Gasteiger partial charge in [0.15, 0.2) is 5.96 Å². The third kappa shape index (κ3) is 4.00. The molecule has 112 valence electrons. The number of thiazole rings is 1. The molecule has 0 saturated carbocycles. The number of aromatic nitrogens is 1. The second-order valence-corrected chi connectivity index (χ2v) is 6.20. The highest BCUT2D eigenvalue weighted by molar-refractivity contribution is 7.15. The molecule has 1 aliphatic heterocycles. The van der Waals surface area contributed by atoms with E-state index >= 15 is 0 Å². The predicted octanol–water partition coefficient (Wildman–Crippen LogP) is 1.20. The largest absolute Gasteiger partial charge is 0.483 e. The maximum Gasteiger partial charge on any atom is 0.290 e. The van der Waals surface area contributed by atoms with Gasteiger partial charge in [-0.15, -0.1) is 11.3 Å². The van der Waals surface area contributed by atoms with Gasteiger partial charge in [0.05, 0.1) is 5.69 Å². The molecule has 2 aromatic rings. The number of fused-ring (bicyclic) bond motifs is 1. The van der Waals surface area contributed by atoms with Gasteiger partial charge in [-0.1, -0.05) is 17.4 Å². The number of nitrogens with zero attached hydrogens (tertiary/aromatic N) is 2. The molecule has 0 amide bonds. The summed E-state index contributed by atoms with van der Waals surface area (Å²) in [6, 6.07) is 4.62. The summed E-state index contributed by atoms with van der Waals surface area (Å²) >= 11 is 3.35. The second kappa shape index (κ2) is 7.16. The van der Waals surface area contributed by atoms with E-state index in [0.717, 1.165) is 18.7 Å². The maximum atomic E-state index is 8.36. The fourth-order valence-corrected chi connectivity index (χ4v) is 3.81. The Morgan fingerprint density at radius 3 is 2.95 bits per heavy atom. The molecule has 3 rings (SSSR count). The number of rotatable bonds is 2. The zero-order chi connectivity index (χ0) is 15.2. The molecule has 0 spiro atoms. The van der Waals surface area contributed by atoms with Gasteiger partial charge >= 0.3 is 0 Å². The first-order chi connectivity index (χ1) is 10.1. The summed E-state index contributed by atoms with van der Waals surface area (Å²) in [4.78, 5) is 19.4. The molecule has 1 atom stereocenters. The Kier molecular flexibility index (Phi) is 5.26. The van der Waals surface area contributed by atoms with E-state index in [0.29, 0.717) is 11.2 Å². The SMILES string of the molecule is NC(N)=Nc1nc2c(s1)C[C@@H](c1cccs1)NC2.O=CO. The van der Waals surface area contributed by atoms with Crippen LogP contribution in [0.15, 0.2) is 22.5 Å². The summed E-state index contributed by atoms with van der Waals surface area (Å²) in [5, 5.41) is 13.1. The summed E-state index contributed by atoms with van der Waals surface area (Å²) in [5.74, 6) is 0.0591. The molecule has 6 N–H and O–H groups in total. The fraction of sp³-hybridized carbons (Fsp3) is 0.250. The Morgan fingerprint density at radius 1 is 1.57 bits per heavy atom. The first-order valence-electron chi connectivity index (χ1n) is 6.07. The maximum absolute atomic E-state index is 8.36. The van der Waals surface area contributed by atoms with Gasteiger partial charge in [-0.2, -0.15) is 4.99 Å². The number of guanidine groups is 1. The van der Waals surface area contributed by atoms with E-state index in [4.69, 9.17) is 21.4 Å². The zero-order valence-electron chi connectivity index (χ0n) is 11.0. The molecule has 21 heavy (non-hydrogen) atoms. The molecule has 0 unspecified atom stereocenters. The highest BCUT2D eigenvalue weighted by Gasteiger charge is 2.23. The van der Waals surface area contributed by atoms with E-state index in [-0.39, 0.29) is 12.4 Å². The van der Waals surface area contributed by atoms with Gasteiger partial charge in [0, 0.05) is 28.8 Å². The molecule has 7 nitrogen and oxygen atoms in total. The van der Waals surface area contributed by atoms with Crippen molar-refractivity contribution in [2.75, 3.05) is 0 Å². The van der Waals surface area contributed by atoms with E-state index in [1.807, 2.05) is 0 Å². The van der Waals surface area contributed by atoms with E-state index in [1.165, 1.54) is 9.75 Å². The molecule has 0 saturated heterocycles. The van der Waals surface area contributed by atoms with Gasteiger partial charge in [-0.05, 0) is 11.4 Å². The normalized spacial score (nSPS) is 16.3. The zero-order valence-corrected chi connectivity index (χ0v) is 12.7. The van der Waals surface area contributed by atoms with Crippen LogP contribution >= 0.6 is 22.7 Å². The van der Waals surface area contributed by atoms with E-state index in [2.05, 4.69) is 32.8 Å². The number of hydrogen-bond donors (Lipinski definition) is 4. The Hall–Kier alpha value is -1.97. The Bertz CT molecular complexity index is 620. The predicted molar refractivity (Wildman–Crippen MR) is 83.9 cm³/mol. The van der Waals surface area contributed by atoms with Crippen LogP contribution in [-0.2, 0) is 17.8 Å². The summed E-state index contributed by atoms with van der Waals surface area (Å²) in [6.07, 6.45) is 0.952. The lowest BCUT2D eigenvalue weighted by molar-refractivity contribution is -0.122. The second-order valence-electron chi connectivity index (χ2n) is 4.16. The lowest BCUT2D eigenvalue weighted by Crippen LogP contribution is -2.27. The fourth-order valence-electron chi connectivity index (χ4n) is 1.99. The molecule has 2 aromatic heterocycles. The monoisotopic (exact) mass is 325 g/mol. The van der Waals surface area contributed by atoms with Crippen LogP contribution < -0.4 is 16.8 Å². The minimum atomic E-state index is -0.250. The standard InChI is InChI=1S/C11H13N5S2.CH2O2/c12-10(13)16-11-15-7-5-14-6(4-9(7)18-11)8-2-1-3-17-8;2-1-3/h1-3,6,14H,4-5H2,(H4,12,13,15,16);1H,(H,2,3)/t6-;/m0./s1. The van der Waals surface area contributed by atoms with Crippen molar-refractivity contribution in [1.82, 2.24) is 10.3 Å². The summed E-state index contributed by atoms with van der Waals surface area (Å²) in [6.45, 7) is 0.522. The number of nitrogens with two attached hydrogens (primary N) is 2. The van der Waals surface area contributed by atoms with Crippen LogP contribution in [0.4, 0.5) is 5.13 Å². The van der Waals surface area contributed by atoms with E-state index < -0.39 is 0 Å². The van der Waals surface area contributed by atoms with E-state index in [9.17, 15) is 0 Å². The van der Waals surface area contributed by atoms with Crippen molar-refractivity contribution >= 4 is 40.2 Å². The van der Waals surface area contributed by atoms with Crippen molar-refractivity contribution in [3.8, 4) is 0 Å². The lowest BCUT2D eigenvalue weighted by Gasteiger charge is -2.21. The molecular weight excluding hydrogens is 310 g/mol. The van der Waals surface area contributed by atoms with Gasteiger partial charge in [0.2, 0.25) is 5.13 Å². The lowest BCUT2D eigenvalue weighted by atomic mass is 10.1. The van der Waals surface area contributed by atoms with Crippen molar-refractivity contribution in [3.05, 3.63) is 33.0 Å². The Balaban J connectivity index is 0.000000497. The molecule has 0 aliphatic carbocycles. The number of carboxylic acid groups (broad SMARTS) is 1. The molecule has 9 heteroatoms. The summed E-state index contributed by atoms with van der Waals surface area (Å²) in [5.41, 5.74) is 11.8. The van der Waals surface area contributed by atoms with Crippen LogP contribution in [0.5, 0.6) is 0 Å². The topological polar surface area (TPSA) is 127 Å². The third-order valence-electron chi connectivity index (χ3n) is 2.78. The number of hydrogen-bond acceptors (Lipinski definition) is 6. The molecule has 0 fully saturated rings. The number of aliphatic imine (C=N–C) groups is 1. The molecule has 3 heterocycles. The third-order valence-corrected chi connectivity index (χ3v) is 4.78. The van der Waals surface area contributed by atoms with Crippen LogP contribution in [0.2, 0.25) is 0 Å². The van der Waals surface area contributed by atoms with Crippen molar-refractivity contribution in [3.63, 3.8) is 0 Å². The average Bonchev–Trinajstić information content (AvgIpc) is 3.06. The van der Waals surface area contributed by atoms with Gasteiger partial charge < -0.3 is 21.9 Å². The Morgan fingerprint density at radius 2 is 2.33 bits per heavy atom. The van der Waals surface area contributed by atoms with Gasteiger partial charge in [0.1, 0.15) is 0 Å². The van der Waals surface area contributed by atoms with Crippen molar-refractivity contribution in [1.29, 1.82) is 0 Å². The Labute approximate surface area is 129 Å². The van der Waals surface area contributed by atoms with Crippen LogP contribution in [-0.4, -0.2) is 22.5 Å². The van der Waals surface area contributed by atoms with Crippen molar-refractivity contribution < 1.29 is 9.90 Å². The van der Waals surface area contributed by atoms with Crippen molar-refractivity contribution in [2.24, 2.45) is 16.5 Å². The van der Waals surface area contributed by atoms with Gasteiger partial charge in [-0.3, -0.25) is 4.79 Å². The highest BCUT2D eigenvalue weighted by atomic mass is 32.1. The minimum absolute atomic E-state index is 0.0591. The van der Waals surface area contributed by atoms with Gasteiger partial charge in [0.25, 0.3) is 6.47 Å². The first kappa shape index (κ1) is 15.4. The van der Waals surface area contributed by atoms with E-state index in [1.54, 1.807) is 22.7 Å². The molecule has 1 aliphatic rings.